The molecular formula is C15H21BrN2O4. The Bertz CT molecular complexity index is 506. The van der Waals surface area contributed by atoms with Crippen molar-refractivity contribution in [2.45, 2.75) is 32.7 Å². The zero-order valence-electron chi connectivity index (χ0n) is 12.8. The quantitative estimate of drug-likeness (QED) is 0.706. The summed E-state index contributed by atoms with van der Waals surface area (Å²) >= 11 is 3.28. The Kier molecular flexibility index (Phi) is 8.05. The fourth-order valence-electron chi connectivity index (χ4n) is 2.04. The third-order valence-corrected chi connectivity index (χ3v) is 3.63. The largest absolute Gasteiger partial charge is 0.466 e. The molecule has 1 atom stereocenters. The van der Waals surface area contributed by atoms with Gasteiger partial charge in [0.05, 0.1) is 31.2 Å². The fourth-order valence-corrected chi connectivity index (χ4v) is 2.40. The van der Waals surface area contributed by atoms with E-state index >= 15 is 0 Å². The number of hydrogen-bond acceptors (Lipinski definition) is 5. The molecule has 0 bridgehead atoms. The lowest BCUT2D eigenvalue weighted by Gasteiger charge is -2.29. The van der Waals surface area contributed by atoms with Crippen molar-refractivity contribution in [2.24, 2.45) is 0 Å². The van der Waals surface area contributed by atoms with Crippen molar-refractivity contribution in [1.29, 1.82) is 0 Å². The molecule has 122 valence electrons. The highest BCUT2D eigenvalue weighted by Crippen LogP contribution is 2.15. The van der Waals surface area contributed by atoms with Gasteiger partial charge >= 0.3 is 5.97 Å². The van der Waals surface area contributed by atoms with Gasteiger partial charge in [0.25, 0.3) is 5.91 Å². The van der Waals surface area contributed by atoms with E-state index in [0.717, 1.165) is 0 Å². The fraction of sp³-hybridized carbons (Fsp3) is 0.533. The lowest BCUT2D eigenvalue weighted by molar-refractivity contribution is -0.143. The standard InChI is InChI=1S/C15H21BrN2O4/c1-3-13(10-19)18(6-5-14(20)22-4-2)15(21)11-7-12(16)9-17-8-11/h7-9,13,19H,3-6,10H2,1-2H3. The zero-order valence-corrected chi connectivity index (χ0v) is 14.4. The number of halogens is 1. The average molecular weight is 373 g/mol. The van der Waals surface area contributed by atoms with Gasteiger partial charge in [0, 0.05) is 23.4 Å². The monoisotopic (exact) mass is 372 g/mol. The van der Waals surface area contributed by atoms with Crippen LogP contribution in [-0.2, 0) is 9.53 Å². The molecule has 1 unspecified atom stereocenters. The van der Waals surface area contributed by atoms with Crippen LogP contribution in [0.5, 0.6) is 0 Å². The summed E-state index contributed by atoms with van der Waals surface area (Å²) in [5, 5.41) is 9.48. The number of rotatable bonds is 8. The first-order valence-corrected chi connectivity index (χ1v) is 8.00. The summed E-state index contributed by atoms with van der Waals surface area (Å²) in [4.78, 5) is 29.6. The molecule has 0 aliphatic rings. The van der Waals surface area contributed by atoms with Crippen LogP contribution in [0.15, 0.2) is 22.9 Å². The highest BCUT2D eigenvalue weighted by Gasteiger charge is 2.24. The lowest BCUT2D eigenvalue weighted by Crippen LogP contribution is -2.43. The molecule has 1 rings (SSSR count). The SMILES string of the molecule is CCOC(=O)CCN(C(=O)c1cncc(Br)c1)C(CC)CO. The molecular weight excluding hydrogens is 352 g/mol. The molecule has 0 aliphatic heterocycles. The van der Waals surface area contributed by atoms with Crippen molar-refractivity contribution in [3.63, 3.8) is 0 Å². The minimum Gasteiger partial charge on any atom is -0.466 e. The average Bonchev–Trinajstić information content (AvgIpc) is 2.51. The predicted molar refractivity (Wildman–Crippen MR) is 85.4 cm³/mol. The van der Waals surface area contributed by atoms with Gasteiger partial charge < -0.3 is 14.7 Å². The summed E-state index contributed by atoms with van der Waals surface area (Å²) in [5.74, 6) is -0.626. The van der Waals surface area contributed by atoms with Crippen LogP contribution in [0, 0.1) is 0 Å². The molecule has 22 heavy (non-hydrogen) atoms. The Balaban J connectivity index is 2.89. The van der Waals surface area contributed by atoms with E-state index < -0.39 is 0 Å². The Labute approximate surface area is 138 Å². The molecule has 1 N–H and O–H groups in total. The number of aromatic nitrogens is 1. The summed E-state index contributed by atoms with van der Waals surface area (Å²) in [6.07, 6.45) is 3.74. The van der Waals surface area contributed by atoms with Crippen LogP contribution in [0.25, 0.3) is 0 Å². The number of hydrogen-bond donors (Lipinski definition) is 1. The van der Waals surface area contributed by atoms with E-state index in [1.807, 2.05) is 6.92 Å². The van der Waals surface area contributed by atoms with E-state index in [-0.39, 0.29) is 37.5 Å². The van der Waals surface area contributed by atoms with Gasteiger partial charge in [-0.1, -0.05) is 6.92 Å². The molecule has 0 spiro atoms. The van der Waals surface area contributed by atoms with E-state index in [0.29, 0.717) is 23.1 Å². The summed E-state index contributed by atoms with van der Waals surface area (Å²) in [7, 11) is 0. The van der Waals surface area contributed by atoms with Gasteiger partial charge in [0.2, 0.25) is 0 Å². The minimum atomic E-state index is -0.361. The number of ether oxygens (including phenoxy) is 1. The van der Waals surface area contributed by atoms with E-state index in [4.69, 9.17) is 4.74 Å². The molecule has 1 heterocycles. The lowest BCUT2D eigenvalue weighted by atomic mass is 10.1. The number of carbonyl (C=O) groups excluding carboxylic acids is 2. The van der Waals surface area contributed by atoms with Crippen molar-refractivity contribution >= 4 is 27.8 Å². The van der Waals surface area contributed by atoms with E-state index in [1.165, 1.54) is 11.1 Å². The summed E-state index contributed by atoms with van der Waals surface area (Å²) < 4.78 is 5.58. The van der Waals surface area contributed by atoms with Crippen molar-refractivity contribution in [1.82, 2.24) is 9.88 Å². The molecule has 0 saturated carbocycles. The second kappa shape index (κ2) is 9.53. The molecule has 0 aliphatic carbocycles. The van der Waals surface area contributed by atoms with Crippen LogP contribution < -0.4 is 0 Å². The van der Waals surface area contributed by atoms with Gasteiger partial charge in [0.15, 0.2) is 0 Å². The maximum Gasteiger partial charge on any atom is 0.307 e. The second-order valence-corrected chi connectivity index (χ2v) is 5.61. The van der Waals surface area contributed by atoms with Crippen LogP contribution in [0.3, 0.4) is 0 Å². The first-order chi connectivity index (χ1) is 10.5. The number of esters is 1. The number of aliphatic hydroxyl groups excluding tert-OH is 1. The smallest absolute Gasteiger partial charge is 0.307 e. The topological polar surface area (TPSA) is 79.7 Å². The number of nitrogens with zero attached hydrogens (tertiary/aromatic N) is 2. The molecule has 1 aromatic rings. The molecule has 7 heteroatoms. The first kappa shape index (κ1) is 18.6. The number of aliphatic hydroxyl groups is 1. The Hall–Kier alpha value is -1.47. The van der Waals surface area contributed by atoms with E-state index in [2.05, 4.69) is 20.9 Å². The molecule has 0 radical (unpaired) electrons. The van der Waals surface area contributed by atoms with Crippen LogP contribution in [0.2, 0.25) is 0 Å². The Morgan fingerprint density at radius 3 is 2.68 bits per heavy atom. The highest BCUT2D eigenvalue weighted by atomic mass is 79.9. The number of amides is 1. The predicted octanol–water partition coefficient (Wildman–Crippen LogP) is 2.01. The molecule has 1 amide bonds. The van der Waals surface area contributed by atoms with E-state index in [9.17, 15) is 14.7 Å². The molecule has 0 fully saturated rings. The van der Waals surface area contributed by atoms with Gasteiger partial charge in [-0.15, -0.1) is 0 Å². The maximum atomic E-state index is 12.6. The van der Waals surface area contributed by atoms with Gasteiger partial charge in [0.1, 0.15) is 0 Å². The van der Waals surface area contributed by atoms with Gasteiger partial charge in [-0.25, -0.2) is 0 Å². The van der Waals surface area contributed by atoms with Crippen molar-refractivity contribution in [3.8, 4) is 0 Å². The summed E-state index contributed by atoms with van der Waals surface area (Å²) in [5.41, 5.74) is 0.408. The van der Waals surface area contributed by atoms with Gasteiger partial charge in [-0.3, -0.25) is 14.6 Å². The summed E-state index contributed by atoms with van der Waals surface area (Å²) in [6.45, 7) is 3.95. The number of pyridine rings is 1. The van der Waals surface area contributed by atoms with Crippen molar-refractivity contribution in [2.75, 3.05) is 19.8 Å². The maximum absolute atomic E-state index is 12.6. The van der Waals surface area contributed by atoms with Crippen molar-refractivity contribution in [3.05, 3.63) is 28.5 Å². The minimum absolute atomic E-state index is 0.0948. The van der Waals surface area contributed by atoms with Gasteiger partial charge in [-0.05, 0) is 35.3 Å². The van der Waals surface area contributed by atoms with Crippen LogP contribution >= 0.6 is 15.9 Å². The third kappa shape index (κ3) is 5.38. The number of carbonyl (C=O) groups is 2. The third-order valence-electron chi connectivity index (χ3n) is 3.20. The zero-order chi connectivity index (χ0) is 16.5. The van der Waals surface area contributed by atoms with Crippen LogP contribution in [0.1, 0.15) is 37.0 Å². The molecule has 0 aromatic carbocycles. The second-order valence-electron chi connectivity index (χ2n) is 4.69. The van der Waals surface area contributed by atoms with E-state index in [1.54, 1.807) is 19.2 Å². The van der Waals surface area contributed by atoms with Gasteiger partial charge in [-0.2, -0.15) is 0 Å². The molecule has 1 aromatic heterocycles. The molecule has 0 saturated heterocycles. The highest BCUT2D eigenvalue weighted by molar-refractivity contribution is 9.10. The Morgan fingerprint density at radius 2 is 2.14 bits per heavy atom. The normalized spacial score (nSPS) is 11.8. The first-order valence-electron chi connectivity index (χ1n) is 7.21. The molecule has 6 nitrogen and oxygen atoms in total. The van der Waals surface area contributed by atoms with Crippen LogP contribution in [-0.4, -0.2) is 52.7 Å². The Morgan fingerprint density at radius 1 is 1.41 bits per heavy atom. The summed E-state index contributed by atoms with van der Waals surface area (Å²) in [6, 6.07) is 1.32. The van der Waals surface area contributed by atoms with Crippen molar-refractivity contribution < 1.29 is 19.4 Å². The van der Waals surface area contributed by atoms with Crippen LogP contribution in [0.4, 0.5) is 0 Å².